The second kappa shape index (κ2) is 8.58. The van der Waals surface area contributed by atoms with Crippen LogP contribution in [0.4, 0.5) is 23.8 Å². The van der Waals surface area contributed by atoms with Crippen LogP contribution in [0.5, 0.6) is 0 Å². The van der Waals surface area contributed by atoms with Gasteiger partial charge in [-0.15, -0.1) is 0 Å². The molecule has 8 nitrogen and oxygen atoms in total. The van der Waals surface area contributed by atoms with Crippen molar-refractivity contribution in [3.8, 4) is 0 Å². The Balaban J connectivity index is 1.11. The SMILES string of the molecule is NC(=O)OC12CC3CC(C1)C(NC(=O)CN1CCN(c4ccc(C(F)(F)F)cn4)CC1)C(C3)C2. The molecule has 0 spiro atoms. The highest BCUT2D eigenvalue weighted by Crippen LogP contribution is 2.57. The Kier molecular flexibility index (Phi) is 5.86. The fourth-order valence-corrected chi connectivity index (χ4v) is 6.83. The van der Waals surface area contributed by atoms with Crippen LogP contribution in [0.2, 0.25) is 0 Å². The summed E-state index contributed by atoms with van der Waals surface area (Å²) in [6.45, 7) is 2.73. The highest BCUT2D eigenvalue weighted by atomic mass is 19.4. The Morgan fingerprint density at radius 3 is 2.35 bits per heavy atom. The van der Waals surface area contributed by atoms with Gasteiger partial charge in [-0.1, -0.05) is 0 Å². The van der Waals surface area contributed by atoms with E-state index in [-0.39, 0.29) is 18.5 Å². The first-order valence-electron chi connectivity index (χ1n) is 11.9. The molecular formula is C23H30F3N5O3. The predicted molar refractivity (Wildman–Crippen MR) is 117 cm³/mol. The van der Waals surface area contributed by atoms with Crippen molar-refractivity contribution in [1.29, 1.82) is 0 Å². The summed E-state index contributed by atoms with van der Waals surface area (Å²) in [6.07, 6.45) is 0.228. The van der Waals surface area contributed by atoms with E-state index in [0.29, 0.717) is 49.8 Å². The van der Waals surface area contributed by atoms with Gasteiger partial charge in [-0.25, -0.2) is 9.78 Å². The lowest BCUT2D eigenvalue weighted by molar-refractivity contribution is -0.147. The smallest absolute Gasteiger partial charge is 0.417 e. The van der Waals surface area contributed by atoms with E-state index in [2.05, 4.69) is 15.2 Å². The molecule has 1 aromatic heterocycles. The first-order valence-corrected chi connectivity index (χ1v) is 11.9. The van der Waals surface area contributed by atoms with E-state index in [1.807, 2.05) is 4.90 Å². The number of primary amides is 1. The molecule has 1 aromatic rings. The molecule has 11 heteroatoms. The van der Waals surface area contributed by atoms with Crippen molar-refractivity contribution >= 4 is 17.8 Å². The quantitative estimate of drug-likeness (QED) is 0.670. The van der Waals surface area contributed by atoms with Crippen LogP contribution in [0.1, 0.15) is 37.7 Å². The molecule has 2 amide bonds. The number of piperazine rings is 1. The van der Waals surface area contributed by atoms with Gasteiger partial charge in [0.05, 0.1) is 12.1 Å². The van der Waals surface area contributed by atoms with Crippen molar-refractivity contribution in [3.05, 3.63) is 23.9 Å². The Labute approximate surface area is 196 Å². The van der Waals surface area contributed by atoms with E-state index in [1.165, 1.54) is 6.07 Å². The number of carbonyl (C=O) groups is 2. The lowest BCUT2D eigenvalue weighted by atomic mass is 9.52. The molecular weight excluding hydrogens is 451 g/mol. The fourth-order valence-electron chi connectivity index (χ4n) is 6.83. The second-order valence-electron chi connectivity index (χ2n) is 10.3. The number of hydrogen-bond donors (Lipinski definition) is 2. The van der Waals surface area contributed by atoms with Gasteiger partial charge in [0, 0.05) is 38.4 Å². The maximum Gasteiger partial charge on any atom is 0.417 e. The van der Waals surface area contributed by atoms with Gasteiger partial charge in [0.2, 0.25) is 5.91 Å². The third-order valence-corrected chi connectivity index (χ3v) is 8.00. The van der Waals surface area contributed by atoms with Crippen molar-refractivity contribution < 1.29 is 27.5 Å². The number of alkyl halides is 3. The van der Waals surface area contributed by atoms with E-state index < -0.39 is 23.4 Å². The Bertz CT molecular complexity index is 917. The van der Waals surface area contributed by atoms with Gasteiger partial charge in [-0.2, -0.15) is 13.2 Å². The molecule has 0 aromatic carbocycles. The van der Waals surface area contributed by atoms with Crippen LogP contribution in [-0.2, 0) is 15.7 Å². The molecule has 4 bridgehead atoms. The van der Waals surface area contributed by atoms with Gasteiger partial charge in [-0.3, -0.25) is 9.69 Å². The van der Waals surface area contributed by atoms with E-state index in [9.17, 15) is 22.8 Å². The molecule has 6 rings (SSSR count). The molecule has 4 saturated carbocycles. The molecule has 1 aliphatic heterocycles. The van der Waals surface area contributed by atoms with Crippen LogP contribution < -0.4 is 16.0 Å². The molecule has 0 radical (unpaired) electrons. The molecule has 2 unspecified atom stereocenters. The minimum atomic E-state index is -4.40. The molecule has 5 fully saturated rings. The lowest BCUT2D eigenvalue weighted by Crippen LogP contribution is -2.63. The summed E-state index contributed by atoms with van der Waals surface area (Å²) < 4.78 is 43.8. The Morgan fingerprint density at radius 2 is 1.79 bits per heavy atom. The zero-order valence-electron chi connectivity index (χ0n) is 18.9. The first-order chi connectivity index (χ1) is 16.1. The third-order valence-electron chi connectivity index (χ3n) is 8.00. The lowest BCUT2D eigenvalue weighted by Gasteiger charge is -2.59. The largest absolute Gasteiger partial charge is 0.443 e. The summed E-state index contributed by atoms with van der Waals surface area (Å²) in [7, 11) is 0. The van der Waals surface area contributed by atoms with Crippen LogP contribution in [0.3, 0.4) is 0 Å². The molecule has 1 saturated heterocycles. The molecule has 4 aliphatic carbocycles. The summed E-state index contributed by atoms with van der Waals surface area (Å²) in [5.41, 5.74) is 4.10. The summed E-state index contributed by atoms with van der Waals surface area (Å²) >= 11 is 0. The van der Waals surface area contributed by atoms with E-state index in [1.54, 1.807) is 0 Å². The number of pyridine rings is 1. The number of hydrogen-bond acceptors (Lipinski definition) is 6. The number of nitrogens with one attached hydrogen (secondary N) is 1. The summed E-state index contributed by atoms with van der Waals surface area (Å²) in [4.78, 5) is 32.2. The zero-order chi connectivity index (χ0) is 24.1. The van der Waals surface area contributed by atoms with Crippen LogP contribution in [-0.4, -0.2) is 66.3 Å². The van der Waals surface area contributed by atoms with Crippen molar-refractivity contribution in [1.82, 2.24) is 15.2 Å². The van der Waals surface area contributed by atoms with Gasteiger partial charge in [0.1, 0.15) is 11.4 Å². The number of halogens is 3. The summed E-state index contributed by atoms with van der Waals surface area (Å²) in [5.74, 6) is 1.63. The third kappa shape index (κ3) is 4.67. The van der Waals surface area contributed by atoms with Crippen LogP contribution in [0.25, 0.3) is 0 Å². The van der Waals surface area contributed by atoms with Crippen molar-refractivity contribution in [2.24, 2.45) is 23.5 Å². The number of amides is 2. The van der Waals surface area contributed by atoms with Crippen LogP contribution in [0.15, 0.2) is 18.3 Å². The van der Waals surface area contributed by atoms with Gasteiger partial charge in [0.25, 0.3) is 0 Å². The highest BCUT2D eigenvalue weighted by Gasteiger charge is 2.57. The molecule has 34 heavy (non-hydrogen) atoms. The number of rotatable bonds is 5. The average Bonchev–Trinajstić information content (AvgIpc) is 2.75. The maximum absolute atomic E-state index is 12.9. The molecule has 186 valence electrons. The number of carbonyl (C=O) groups excluding carboxylic acids is 2. The van der Waals surface area contributed by atoms with Crippen molar-refractivity contribution in [2.75, 3.05) is 37.6 Å². The summed E-state index contributed by atoms with van der Waals surface area (Å²) in [5, 5.41) is 3.26. The Morgan fingerprint density at radius 1 is 1.12 bits per heavy atom. The summed E-state index contributed by atoms with van der Waals surface area (Å²) in [6, 6.07) is 2.55. The van der Waals surface area contributed by atoms with Crippen LogP contribution in [0, 0.1) is 17.8 Å². The monoisotopic (exact) mass is 481 g/mol. The minimum absolute atomic E-state index is 0.0107. The minimum Gasteiger partial charge on any atom is -0.443 e. The molecule has 3 N–H and O–H groups in total. The number of nitrogens with zero attached hydrogens (tertiary/aromatic N) is 3. The standard InChI is InChI=1S/C23H30F3N5O3/c24-23(25,26)17-1-2-18(28-12-17)31-5-3-30(4-6-31)13-19(32)29-20-15-7-14-8-16(20)11-22(9-14,10-15)34-21(27)33/h1-2,12,14-16,20H,3-11,13H2,(H2,27,33)(H,29,32). The average molecular weight is 482 g/mol. The van der Waals surface area contributed by atoms with E-state index >= 15 is 0 Å². The number of nitrogens with two attached hydrogens (primary N) is 1. The molecule has 5 aliphatic rings. The normalized spacial score (nSPS) is 33.1. The predicted octanol–water partition coefficient (Wildman–Crippen LogP) is 2.38. The first kappa shape index (κ1) is 23.2. The van der Waals surface area contributed by atoms with E-state index in [0.717, 1.165) is 44.4 Å². The topological polar surface area (TPSA) is 101 Å². The van der Waals surface area contributed by atoms with Gasteiger partial charge >= 0.3 is 12.3 Å². The number of anilines is 1. The molecule has 2 atom stereocenters. The fraction of sp³-hybridized carbons (Fsp3) is 0.696. The zero-order valence-corrected chi connectivity index (χ0v) is 18.9. The maximum atomic E-state index is 12.9. The number of aromatic nitrogens is 1. The number of ether oxygens (including phenoxy) is 1. The van der Waals surface area contributed by atoms with Gasteiger partial charge < -0.3 is 20.7 Å². The highest BCUT2D eigenvalue weighted by molar-refractivity contribution is 5.78. The van der Waals surface area contributed by atoms with Crippen molar-refractivity contribution in [2.45, 2.75) is 49.9 Å². The van der Waals surface area contributed by atoms with E-state index in [4.69, 9.17) is 10.5 Å². The Hall–Kier alpha value is -2.56. The molecule has 2 heterocycles. The van der Waals surface area contributed by atoms with Crippen molar-refractivity contribution in [3.63, 3.8) is 0 Å². The second-order valence-corrected chi connectivity index (χ2v) is 10.3. The van der Waals surface area contributed by atoms with Crippen LogP contribution >= 0.6 is 0 Å². The van der Waals surface area contributed by atoms with Gasteiger partial charge in [-0.05, 0) is 62.0 Å². The van der Waals surface area contributed by atoms with Gasteiger partial charge in [0.15, 0.2) is 0 Å².